The Kier molecular flexibility index (Phi) is 36.2. The molecule has 1 aliphatic rings. The van der Waals surface area contributed by atoms with Crippen molar-refractivity contribution in [1.29, 1.82) is 0 Å². The highest BCUT2D eigenvalue weighted by Gasteiger charge is 2.44. The molecule has 0 aromatic heterocycles. The number of carbonyl (C=O) groups is 1. The summed E-state index contributed by atoms with van der Waals surface area (Å²) in [7, 11) is 0. The first-order valence-corrected chi connectivity index (χ1v) is 23.7. The van der Waals surface area contributed by atoms with Crippen LogP contribution in [0.5, 0.6) is 0 Å². The third kappa shape index (κ3) is 29.3. The van der Waals surface area contributed by atoms with E-state index in [0.29, 0.717) is 6.42 Å². The first kappa shape index (κ1) is 53.4. The Hall–Kier alpha value is -1.59. The SMILES string of the molecule is CCCCCCC=CCCCCCC=C[C@@H](O)[C@H](CO[C@@H]1OC(CO)[C@@H](O)[C@@H](O)C1O)NC(=O)CCCCCCCCCCCCCC=CCCCCCCCC. The molecule has 0 aromatic carbocycles. The van der Waals surface area contributed by atoms with Gasteiger partial charge >= 0.3 is 0 Å². The van der Waals surface area contributed by atoms with E-state index < -0.39 is 49.5 Å². The van der Waals surface area contributed by atoms with Crippen LogP contribution in [0.4, 0.5) is 0 Å². The number of aliphatic hydroxyl groups is 5. The van der Waals surface area contributed by atoms with Crippen LogP contribution in [0.1, 0.15) is 206 Å². The van der Waals surface area contributed by atoms with Crippen LogP contribution >= 0.6 is 0 Å². The van der Waals surface area contributed by atoms with Crippen molar-refractivity contribution in [3.05, 3.63) is 36.5 Å². The van der Waals surface area contributed by atoms with Crippen molar-refractivity contribution in [1.82, 2.24) is 5.32 Å². The molecule has 0 bridgehead atoms. The molecule has 1 amide bonds. The van der Waals surface area contributed by atoms with Crippen molar-refractivity contribution in [3.8, 4) is 0 Å². The van der Waals surface area contributed by atoms with Gasteiger partial charge in [-0.25, -0.2) is 0 Å². The zero-order valence-corrected chi connectivity index (χ0v) is 36.6. The Labute approximate surface area is 349 Å². The Balaban J connectivity index is 2.31. The summed E-state index contributed by atoms with van der Waals surface area (Å²) in [4.78, 5) is 13.0. The number of rotatable bonds is 39. The van der Waals surface area contributed by atoms with Gasteiger partial charge in [0.1, 0.15) is 24.4 Å². The quantitative estimate of drug-likeness (QED) is 0.0266. The molecule has 1 saturated heterocycles. The van der Waals surface area contributed by atoms with Gasteiger partial charge in [0.2, 0.25) is 5.91 Å². The van der Waals surface area contributed by atoms with Gasteiger partial charge in [-0.2, -0.15) is 0 Å². The van der Waals surface area contributed by atoms with Crippen LogP contribution in [0.25, 0.3) is 0 Å². The Morgan fingerprint density at radius 1 is 0.579 bits per heavy atom. The van der Waals surface area contributed by atoms with E-state index in [1.165, 1.54) is 128 Å². The maximum absolute atomic E-state index is 13.0. The highest BCUT2D eigenvalue weighted by atomic mass is 16.7. The molecule has 9 nitrogen and oxygen atoms in total. The van der Waals surface area contributed by atoms with Crippen LogP contribution in [-0.2, 0) is 14.3 Å². The van der Waals surface area contributed by atoms with Gasteiger partial charge in [-0.3, -0.25) is 4.79 Å². The van der Waals surface area contributed by atoms with Crippen molar-refractivity contribution >= 4 is 5.91 Å². The van der Waals surface area contributed by atoms with Gasteiger partial charge in [-0.05, 0) is 70.6 Å². The smallest absolute Gasteiger partial charge is 0.220 e. The summed E-state index contributed by atoms with van der Waals surface area (Å²) in [5.41, 5.74) is 0. The minimum absolute atomic E-state index is 0.184. The first-order valence-electron chi connectivity index (χ1n) is 23.7. The molecule has 1 fully saturated rings. The molecule has 2 unspecified atom stereocenters. The summed E-state index contributed by atoms with van der Waals surface area (Å²) < 4.78 is 11.2. The lowest BCUT2D eigenvalue weighted by molar-refractivity contribution is -0.302. The van der Waals surface area contributed by atoms with Crippen molar-refractivity contribution < 1.29 is 39.8 Å². The first-order chi connectivity index (χ1) is 27.8. The topological polar surface area (TPSA) is 149 Å². The zero-order chi connectivity index (χ0) is 41.6. The van der Waals surface area contributed by atoms with Gasteiger partial charge in [0, 0.05) is 6.42 Å². The molecule has 0 radical (unpaired) electrons. The minimum Gasteiger partial charge on any atom is -0.394 e. The number of hydrogen-bond donors (Lipinski definition) is 6. The number of hydrogen-bond acceptors (Lipinski definition) is 8. The third-order valence-corrected chi connectivity index (χ3v) is 11.2. The average molecular weight is 808 g/mol. The van der Waals surface area contributed by atoms with Gasteiger partial charge in [0.05, 0.1) is 25.4 Å². The summed E-state index contributed by atoms with van der Waals surface area (Å²) in [5, 5.41) is 54.2. The minimum atomic E-state index is -1.57. The predicted molar refractivity (Wildman–Crippen MR) is 235 cm³/mol. The molecule has 1 heterocycles. The van der Waals surface area contributed by atoms with Gasteiger partial charge in [0.25, 0.3) is 0 Å². The second kappa shape index (κ2) is 38.6. The van der Waals surface area contributed by atoms with E-state index in [4.69, 9.17) is 9.47 Å². The molecule has 1 aliphatic heterocycles. The summed E-state index contributed by atoms with van der Waals surface area (Å²) in [5.74, 6) is -0.184. The maximum atomic E-state index is 13.0. The van der Waals surface area contributed by atoms with Crippen LogP contribution in [-0.4, -0.2) is 87.5 Å². The summed E-state index contributed by atoms with van der Waals surface area (Å²) in [6.45, 7) is 3.74. The van der Waals surface area contributed by atoms with Crippen LogP contribution in [0, 0.1) is 0 Å². The van der Waals surface area contributed by atoms with E-state index in [1.54, 1.807) is 6.08 Å². The Morgan fingerprint density at radius 2 is 0.982 bits per heavy atom. The van der Waals surface area contributed by atoms with E-state index in [9.17, 15) is 30.3 Å². The number of carbonyl (C=O) groups excluding carboxylic acids is 1. The Bertz CT molecular complexity index is 987. The number of ether oxygens (including phenoxy) is 2. The van der Waals surface area contributed by atoms with E-state index in [2.05, 4.69) is 43.5 Å². The molecule has 7 atom stereocenters. The Morgan fingerprint density at radius 3 is 1.46 bits per heavy atom. The van der Waals surface area contributed by atoms with Crippen LogP contribution in [0.3, 0.4) is 0 Å². The number of aliphatic hydroxyl groups excluding tert-OH is 5. The number of amides is 1. The highest BCUT2D eigenvalue weighted by Crippen LogP contribution is 2.22. The fourth-order valence-corrected chi connectivity index (χ4v) is 7.32. The van der Waals surface area contributed by atoms with Crippen LogP contribution in [0.15, 0.2) is 36.5 Å². The fourth-order valence-electron chi connectivity index (χ4n) is 7.32. The molecular formula is C48H89NO8. The second-order valence-electron chi connectivity index (χ2n) is 16.5. The lowest BCUT2D eigenvalue weighted by atomic mass is 9.99. The lowest BCUT2D eigenvalue weighted by Crippen LogP contribution is -2.60. The van der Waals surface area contributed by atoms with E-state index in [-0.39, 0.29) is 12.5 Å². The molecule has 0 aliphatic carbocycles. The van der Waals surface area contributed by atoms with Crippen LogP contribution in [0.2, 0.25) is 0 Å². The third-order valence-electron chi connectivity index (χ3n) is 11.2. The summed E-state index contributed by atoms with van der Waals surface area (Å²) >= 11 is 0. The second-order valence-corrected chi connectivity index (χ2v) is 16.5. The predicted octanol–water partition coefficient (Wildman–Crippen LogP) is 10.1. The van der Waals surface area contributed by atoms with Crippen molar-refractivity contribution in [2.75, 3.05) is 13.2 Å². The molecule has 0 aromatic rings. The van der Waals surface area contributed by atoms with Gasteiger partial charge in [-0.15, -0.1) is 0 Å². The molecule has 0 saturated carbocycles. The molecular weight excluding hydrogens is 719 g/mol. The highest BCUT2D eigenvalue weighted by molar-refractivity contribution is 5.76. The van der Waals surface area contributed by atoms with Gasteiger partial charge in [-0.1, -0.05) is 166 Å². The number of nitrogens with one attached hydrogen (secondary N) is 1. The normalized spacial score (nSPS) is 21.3. The van der Waals surface area contributed by atoms with E-state index in [1.807, 2.05) is 6.08 Å². The molecule has 0 spiro atoms. The number of unbranched alkanes of at least 4 members (excludes halogenated alkanes) is 25. The zero-order valence-electron chi connectivity index (χ0n) is 36.6. The van der Waals surface area contributed by atoms with Crippen molar-refractivity contribution in [2.24, 2.45) is 0 Å². The van der Waals surface area contributed by atoms with Gasteiger partial charge < -0.3 is 40.3 Å². The molecule has 334 valence electrons. The monoisotopic (exact) mass is 808 g/mol. The fraction of sp³-hybridized carbons (Fsp3) is 0.854. The van der Waals surface area contributed by atoms with Crippen LogP contribution < -0.4 is 5.32 Å². The number of allylic oxidation sites excluding steroid dienone is 5. The van der Waals surface area contributed by atoms with E-state index in [0.717, 1.165) is 57.8 Å². The van der Waals surface area contributed by atoms with Gasteiger partial charge in [0.15, 0.2) is 6.29 Å². The summed E-state index contributed by atoms with van der Waals surface area (Å²) in [6.07, 6.45) is 40.4. The molecule has 1 rings (SSSR count). The van der Waals surface area contributed by atoms with E-state index >= 15 is 0 Å². The average Bonchev–Trinajstić information content (AvgIpc) is 3.21. The molecule has 9 heteroatoms. The van der Waals surface area contributed by atoms with Crippen molar-refractivity contribution in [2.45, 2.75) is 249 Å². The standard InChI is InChI=1S/C48H89NO8/c1-3-5-7-9-11-13-15-17-18-19-20-21-22-23-24-26-28-30-32-34-36-38-44(52)49-41(40-56-48-47(55)46(54)45(53)43(39-50)57-48)42(51)37-35-33-31-29-27-25-16-14-12-10-8-6-4-2/h14,16-18,35,37,41-43,45-48,50-51,53-55H,3-13,15,19-34,36,38-40H2,1-2H3,(H,49,52)/t41-,42+,43?,45+,46+,47?,48+/m0/s1. The summed E-state index contributed by atoms with van der Waals surface area (Å²) in [6, 6.07) is -0.810. The lowest BCUT2D eigenvalue weighted by Gasteiger charge is -2.40. The molecule has 57 heavy (non-hydrogen) atoms. The largest absolute Gasteiger partial charge is 0.394 e. The van der Waals surface area contributed by atoms with Crippen molar-refractivity contribution in [3.63, 3.8) is 0 Å². The maximum Gasteiger partial charge on any atom is 0.220 e. The molecule has 6 N–H and O–H groups in total.